The predicted molar refractivity (Wildman–Crippen MR) is 138 cm³/mol. The van der Waals surface area contributed by atoms with Crippen molar-refractivity contribution >= 4 is 37.1 Å². The summed E-state index contributed by atoms with van der Waals surface area (Å²) in [5.74, 6) is 0.0488. The molecular formula is C26H25N6O4P. The highest BCUT2D eigenvalue weighted by Crippen LogP contribution is 2.58. The number of amides is 1. The number of anilines is 2. The van der Waals surface area contributed by atoms with Crippen molar-refractivity contribution in [1.29, 1.82) is 0 Å². The molecule has 0 spiro atoms. The molecule has 37 heavy (non-hydrogen) atoms. The van der Waals surface area contributed by atoms with Gasteiger partial charge in [0, 0.05) is 19.0 Å². The molecule has 1 amide bonds. The minimum Gasteiger partial charge on any atom is -0.352 e. The Bertz CT molecular complexity index is 1490. The normalized spacial score (nSPS) is 26.8. The number of rotatable bonds is 5. The average molecular weight is 518 g/mol. The molecule has 0 bridgehead atoms. The number of ether oxygens (including phenoxy) is 1. The molecule has 0 radical (unpaired) electrons. The zero-order valence-electron chi connectivity index (χ0n) is 20.8. The molecule has 7 rings (SSSR count). The largest absolute Gasteiger partial charge is 0.352 e. The Balaban J connectivity index is 1.10. The van der Waals surface area contributed by atoms with Gasteiger partial charge in [0.1, 0.15) is 12.6 Å². The lowest BCUT2D eigenvalue weighted by molar-refractivity contribution is -0.00255. The Morgan fingerprint density at radius 1 is 1.16 bits per heavy atom. The minimum atomic E-state index is -1.29. The maximum absolute atomic E-state index is 12.7. The third-order valence-electron chi connectivity index (χ3n) is 6.94. The second-order valence-electron chi connectivity index (χ2n) is 9.24. The van der Waals surface area contributed by atoms with E-state index in [0.29, 0.717) is 35.6 Å². The van der Waals surface area contributed by atoms with Gasteiger partial charge in [0.15, 0.2) is 17.0 Å². The van der Waals surface area contributed by atoms with Crippen LogP contribution in [0.25, 0.3) is 11.2 Å². The highest BCUT2D eigenvalue weighted by atomic mass is 31.2. The molecule has 4 aromatic rings. The first-order valence-corrected chi connectivity index (χ1v) is 13.3. The first-order valence-electron chi connectivity index (χ1n) is 12.9. The number of hydrogen-bond donors (Lipinski definition) is 1. The molecule has 188 valence electrons. The Morgan fingerprint density at radius 2 is 2.03 bits per heavy atom. The first-order chi connectivity index (χ1) is 18.7. The lowest BCUT2D eigenvalue weighted by Crippen LogP contribution is -2.26. The molecule has 3 aliphatic rings. The molecule has 3 unspecified atom stereocenters. The van der Waals surface area contributed by atoms with Gasteiger partial charge in [-0.25, -0.2) is 15.0 Å². The van der Waals surface area contributed by atoms with Crippen molar-refractivity contribution in [2.75, 3.05) is 16.6 Å². The molecule has 2 fully saturated rings. The van der Waals surface area contributed by atoms with E-state index in [9.17, 15) is 4.79 Å². The number of carbonyl (C=O) groups excluding carboxylic acids is 1. The summed E-state index contributed by atoms with van der Waals surface area (Å²) in [7, 11) is -1.29. The van der Waals surface area contributed by atoms with Gasteiger partial charge in [0.25, 0.3) is 14.4 Å². The summed E-state index contributed by atoms with van der Waals surface area (Å²) >= 11 is 0. The van der Waals surface area contributed by atoms with E-state index in [1.54, 1.807) is 30.6 Å². The third-order valence-corrected chi connectivity index (χ3v) is 8.65. The van der Waals surface area contributed by atoms with Crippen LogP contribution in [0, 0.1) is 0 Å². The number of nitrogens with one attached hydrogen (secondary N) is 1. The minimum absolute atomic E-state index is 0.0599. The second-order valence-corrected chi connectivity index (χ2v) is 10.6. The standard InChI is InChI=1S/C26H25N6O4P/c1-16-21(36-37-32-19(13-34-37)11-18-9-5-6-10-20(18)32)12-22(35-16)31-15-29-23-24(27-14-28-25(23)31)30-26(33)17-7-3-2-4-8-17/h2-10,14-16,19,21-22H,11-13H2,1H3,(H,27,28,30,33)/t16?,19-,21?,22?,37-/m0/s1/i1D. The Hall–Kier alpha value is -3.43. The van der Waals surface area contributed by atoms with Crippen LogP contribution in [0.1, 0.15) is 36.8 Å². The van der Waals surface area contributed by atoms with Crippen LogP contribution in [-0.4, -0.2) is 50.3 Å². The Morgan fingerprint density at radius 3 is 2.92 bits per heavy atom. The summed E-state index contributed by atoms with van der Waals surface area (Å²) in [5.41, 5.74) is 4.01. The molecule has 0 aliphatic carbocycles. The van der Waals surface area contributed by atoms with E-state index in [-0.39, 0.29) is 25.0 Å². The maximum atomic E-state index is 12.7. The zero-order chi connectivity index (χ0) is 25.6. The third kappa shape index (κ3) is 3.97. The summed E-state index contributed by atoms with van der Waals surface area (Å²) in [5, 5.41) is 2.83. The van der Waals surface area contributed by atoms with Crippen LogP contribution in [0.15, 0.2) is 67.3 Å². The summed E-state index contributed by atoms with van der Waals surface area (Å²) in [6.07, 6.45) is 3.35. The molecule has 5 heterocycles. The van der Waals surface area contributed by atoms with Gasteiger partial charge in [-0.2, -0.15) is 0 Å². The monoisotopic (exact) mass is 517 g/mol. The van der Waals surface area contributed by atoms with E-state index in [1.165, 1.54) is 17.6 Å². The average Bonchev–Trinajstić information content (AvgIpc) is 3.72. The molecule has 1 N–H and O–H groups in total. The van der Waals surface area contributed by atoms with Crippen molar-refractivity contribution in [2.24, 2.45) is 0 Å². The Labute approximate surface area is 216 Å². The fourth-order valence-electron chi connectivity index (χ4n) is 5.11. The molecule has 5 atom stereocenters. The van der Waals surface area contributed by atoms with Crippen molar-refractivity contribution in [3.63, 3.8) is 0 Å². The number of para-hydroxylation sites is 1. The fourth-order valence-corrected chi connectivity index (χ4v) is 6.94. The number of aromatic nitrogens is 4. The molecule has 3 aliphatic heterocycles. The van der Waals surface area contributed by atoms with Crippen molar-refractivity contribution in [3.05, 3.63) is 78.4 Å². The summed E-state index contributed by atoms with van der Waals surface area (Å²) in [6.45, 7) is 0.688. The van der Waals surface area contributed by atoms with Gasteiger partial charge in [-0.1, -0.05) is 36.4 Å². The first kappa shape index (κ1) is 21.6. The van der Waals surface area contributed by atoms with Crippen LogP contribution in [-0.2, 0) is 20.2 Å². The van der Waals surface area contributed by atoms with Gasteiger partial charge in [0.05, 0.1) is 31.2 Å². The van der Waals surface area contributed by atoms with Crippen LogP contribution in [0.4, 0.5) is 11.5 Å². The molecule has 0 saturated carbocycles. The van der Waals surface area contributed by atoms with Crippen molar-refractivity contribution in [1.82, 2.24) is 19.5 Å². The van der Waals surface area contributed by atoms with E-state index in [1.807, 2.05) is 16.7 Å². The Kier molecular flexibility index (Phi) is 5.35. The van der Waals surface area contributed by atoms with E-state index >= 15 is 0 Å². The zero-order valence-corrected chi connectivity index (χ0v) is 20.7. The summed E-state index contributed by atoms with van der Waals surface area (Å²) < 4.78 is 31.0. The maximum Gasteiger partial charge on any atom is 0.290 e. The highest BCUT2D eigenvalue weighted by Gasteiger charge is 2.46. The fraction of sp³-hybridized carbons (Fsp3) is 0.308. The lowest BCUT2D eigenvalue weighted by atomic mass is 10.1. The van der Waals surface area contributed by atoms with Crippen LogP contribution in [0.5, 0.6) is 0 Å². The number of hydrogen-bond acceptors (Lipinski definition) is 8. The number of imidazole rings is 1. The predicted octanol–water partition coefficient (Wildman–Crippen LogP) is 4.46. The second kappa shape index (κ2) is 9.15. The van der Waals surface area contributed by atoms with E-state index in [2.05, 4.69) is 43.1 Å². The van der Waals surface area contributed by atoms with Crippen molar-refractivity contribution < 1.29 is 19.9 Å². The van der Waals surface area contributed by atoms with Gasteiger partial charge in [0.2, 0.25) is 0 Å². The topological polar surface area (TPSA) is 104 Å². The number of nitrogens with zero attached hydrogens (tertiary/aromatic N) is 5. The molecule has 11 heteroatoms. The summed E-state index contributed by atoms with van der Waals surface area (Å²) in [6, 6.07) is 17.6. The van der Waals surface area contributed by atoms with Gasteiger partial charge >= 0.3 is 0 Å². The van der Waals surface area contributed by atoms with Crippen LogP contribution in [0.3, 0.4) is 0 Å². The van der Waals surface area contributed by atoms with E-state index in [4.69, 9.17) is 15.2 Å². The van der Waals surface area contributed by atoms with Crippen molar-refractivity contribution in [3.8, 4) is 0 Å². The number of carbonyl (C=O) groups is 1. The quantitative estimate of drug-likeness (QED) is 0.387. The lowest BCUT2D eigenvalue weighted by Gasteiger charge is -2.26. The van der Waals surface area contributed by atoms with Gasteiger partial charge in [-0.3, -0.25) is 9.36 Å². The van der Waals surface area contributed by atoms with Gasteiger partial charge in [-0.05, 0) is 37.1 Å². The molecule has 2 aromatic carbocycles. The molecule has 2 saturated heterocycles. The molecule has 2 aromatic heterocycles. The highest BCUT2D eigenvalue weighted by molar-refractivity contribution is 7.49. The van der Waals surface area contributed by atoms with Gasteiger partial charge in [-0.15, -0.1) is 0 Å². The molecular weight excluding hydrogens is 491 g/mol. The summed E-state index contributed by atoms with van der Waals surface area (Å²) in [4.78, 5) is 25.8. The van der Waals surface area contributed by atoms with Crippen LogP contribution < -0.4 is 9.99 Å². The van der Waals surface area contributed by atoms with Crippen molar-refractivity contribution in [2.45, 2.75) is 44.2 Å². The van der Waals surface area contributed by atoms with Crippen LogP contribution in [0.2, 0.25) is 0 Å². The smallest absolute Gasteiger partial charge is 0.290 e. The molecule has 10 nitrogen and oxygen atoms in total. The van der Waals surface area contributed by atoms with E-state index < -0.39 is 20.9 Å². The number of benzene rings is 2. The van der Waals surface area contributed by atoms with Crippen LogP contribution >= 0.6 is 8.53 Å². The SMILES string of the molecule is [2H]CC1OC(n2cnc3c(NC(=O)c4ccccc4)ncnc32)CC1O[P@]1OC[C@@H]2Cc3ccccc3N21. The number of fused-ring (bicyclic) bond motifs is 4. The van der Waals surface area contributed by atoms with Gasteiger partial charge < -0.3 is 23.8 Å². The van der Waals surface area contributed by atoms with E-state index in [0.717, 1.165) is 6.42 Å².